The minimum atomic E-state index is -0.255. The molecular weight excluding hydrogens is 215 g/mol. The Morgan fingerprint density at radius 1 is 1.35 bits per heavy atom. The molecule has 1 aliphatic heterocycles. The van der Waals surface area contributed by atoms with E-state index in [4.69, 9.17) is 5.73 Å². The van der Waals surface area contributed by atoms with Gasteiger partial charge < -0.3 is 10.6 Å². The number of anilines is 2. The molecule has 1 aromatic carbocycles. The molecule has 0 bridgehead atoms. The zero-order chi connectivity index (χ0) is 12.3. The number of halogens is 1. The Balaban J connectivity index is 2.28. The Morgan fingerprint density at radius 3 is 2.88 bits per heavy atom. The molecule has 0 aromatic heterocycles. The maximum atomic E-state index is 13.1. The fourth-order valence-corrected chi connectivity index (χ4v) is 2.71. The summed E-state index contributed by atoms with van der Waals surface area (Å²) < 4.78 is 13.1. The Labute approximate surface area is 103 Å². The van der Waals surface area contributed by atoms with Crippen molar-refractivity contribution in [2.24, 2.45) is 0 Å². The minimum Gasteiger partial charge on any atom is -0.397 e. The molecule has 2 N–H and O–H groups in total. The van der Waals surface area contributed by atoms with Crippen LogP contribution in [0.15, 0.2) is 18.2 Å². The van der Waals surface area contributed by atoms with Crippen LogP contribution in [-0.2, 0) is 0 Å². The highest BCUT2D eigenvalue weighted by molar-refractivity contribution is 5.68. The van der Waals surface area contributed by atoms with Gasteiger partial charge in [0.05, 0.1) is 11.4 Å². The van der Waals surface area contributed by atoms with Crippen molar-refractivity contribution in [2.45, 2.75) is 45.1 Å². The monoisotopic (exact) mass is 236 g/mol. The van der Waals surface area contributed by atoms with Gasteiger partial charge in [0.25, 0.3) is 0 Å². The van der Waals surface area contributed by atoms with E-state index in [0.717, 1.165) is 18.7 Å². The SMILES string of the molecule is CCC1CCCCCN1c1ccc(F)cc1N. The van der Waals surface area contributed by atoms with Crippen LogP contribution in [0.3, 0.4) is 0 Å². The molecule has 17 heavy (non-hydrogen) atoms. The second kappa shape index (κ2) is 5.39. The summed E-state index contributed by atoms with van der Waals surface area (Å²) in [6.45, 7) is 3.25. The second-order valence-corrected chi connectivity index (χ2v) is 4.81. The van der Waals surface area contributed by atoms with Crippen LogP contribution in [0.1, 0.15) is 39.0 Å². The Morgan fingerprint density at radius 2 is 2.18 bits per heavy atom. The molecule has 0 saturated carbocycles. The summed E-state index contributed by atoms with van der Waals surface area (Å²) in [5.74, 6) is -0.255. The van der Waals surface area contributed by atoms with Gasteiger partial charge in [0, 0.05) is 12.6 Å². The van der Waals surface area contributed by atoms with Gasteiger partial charge in [0.2, 0.25) is 0 Å². The third kappa shape index (κ3) is 2.71. The molecule has 0 spiro atoms. The van der Waals surface area contributed by atoms with Crippen molar-refractivity contribution in [1.29, 1.82) is 0 Å². The Hall–Kier alpha value is -1.25. The first-order valence-electron chi connectivity index (χ1n) is 6.54. The van der Waals surface area contributed by atoms with Gasteiger partial charge in [-0.2, -0.15) is 0 Å². The molecule has 1 heterocycles. The molecule has 1 saturated heterocycles. The number of nitrogens with zero attached hydrogens (tertiary/aromatic N) is 1. The van der Waals surface area contributed by atoms with Gasteiger partial charge in [0.15, 0.2) is 0 Å². The van der Waals surface area contributed by atoms with Crippen LogP contribution in [0.5, 0.6) is 0 Å². The van der Waals surface area contributed by atoms with Crippen molar-refractivity contribution in [1.82, 2.24) is 0 Å². The number of rotatable bonds is 2. The highest BCUT2D eigenvalue weighted by Gasteiger charge is 2.21. The predicted molar refractivity (Wildman–Crippen MR) is 70.7 cm³/mol. The second-order valence-electron chi connectivity index (χ2n) is 4.81. The number of nitrogen functional groups attached to an aromatic ring is 1. The zero-order valence-electron chi connectivity index (χ0n) is 10.5. The first-order chi connectivity index (χ1) is 8.22. The van der Waals surface area contributed by atoms with E-state index in [-0.39, 0.29) is 5.82 Å². The number of nitrogens with two attached hydrogens (primary N) is 1. The molecule has 0 radical (unpaired) electrons. The maximum Gasteiger partial charge on any atom is 0.125 e. The molecule has 1 fully saturated rings. The summed E-state index contributed by atoms with van der Waals surface area (Å²) >= 11 is 0. The summed E-state index contributed by atoms with van der Waals surface area (Å²) in [7, 11) is 0. The summed E-state index contributed by atoms with van der Waals surface area (Å²) in [6, 6.07) is 5.29. The van der Waals surface area contributed by atoms with Gasteiger partial charge in [-0.1, -0.05) is 19.8 Å². The van der Waals surface area contributed by atoms with Gasteiger partial charge in [-0.25, -0.2) is 4.39 Å². The summed E-state index contributed by atoms with van der Waals surface area (Å²) in [5, 5.41) is 0. The lowest BCUT2D eigenvalue weighted by atomic mass is 10.1. The van der Waals surface area contributed by atoms with E-state index in [9.17, 15) is 4.39 Å². The zero-order valence-corrected chi connectivity index (χ0v) is 10.5. The van der Waals surface area contributed by atoms with E-state index in [1.807, 2.05) is 6.07 Å². The van der Waals surface area contributed by atoms with E-state index in [1.54, 1.807) is 0 Å². The lowest BCUT2D eigenvalue weighted by molar-refractivity contribution is 0.556. The first kappa shape index (κ1) is 12.2. The molecule has 1 aliphatic rings. The predicted octanol–water partition coefficient (Wildman–Crippen LogP) is 3.57. The van der Waals surface area contributed by atoms with E-state index < -0.39 is 0 Å². The molecule has 0 amide bonds. The molecule has 2 nitrogen and oxygen atoms in total. The highest BCUT2D eigenvalue weighted by atomic mass is 19.1. The van der Waals surface area contributed by atoms with E-state index in [1.165, 1.54) is 37.8 Å². The highest BCUT2D eigenvalue weighted by Crippen LogP contribution is 2.30. The van der Waals surface area contributed by atoms with Gasteiger partial charge in [0.1, 0.15) is 5.82 Å². The third-order valence-corrected chi connectivity index (χ3v) is 3.65. The van der Waals surface area contributed by atoms with Gasteiger partial charge in [-0.05, 0) is 37.5 Å². The summed E-state index contributed by atoms with van der Waals surface area (Å²) in [5.41, 5.74) is 7.50. The molecule has 94 valence electrons. The molecule has 1 aromatic rings. The standard InChI is InChI=1S/C14H21FN2/c1-2-12-6-4-3-5-9-17(12)14-8-7-11(15)10-13(14)16/h7-8,10,12H,2-6,9,16H2,1H3. The Bertz CT molecular complexity index is 378. The number of benzene rings is 1. The molecule has 0 aliphatic carbocycles. The smallest absolute Gasteiger partial charge is 0.125 e. The van der Waals surface area contributed by atoms with Crippen LogP contribution < -0.4 is 10.6 Å². The van der Waals surface area contributed by atoms with E-state index >= 15 is 0 Å². The molecule has 1 atom stereocenters. The number of hydrogen-bond acceptors (Lipinski definition) is 2. The van der Waals surface area contributed by atoms with Crippen LogP contribution in [0.4, 0.5) is 15.8 Å². The average Bonchev–Trinajstić information content (AvgIpc) is 2.54. The largest absolute Gasteiger partial charge is 0.397 e. The van der Waals surface area contributed by atoms with Gasteiger partial charge >= 0.3 is 0 Å². The van der Waals surface area contributed by atoms with Gasteiger partial charge in [-0.15, -0.1) is 0 Å². The van der Waals surface area contributed by atoms with Crippen LogP contribution in [-0.4, -0.2) is 12.6 Å². The van der Waals surface area contributed by atoms with Crippen molar-refractivity contribution < 1.29 is 4.39 Å². The normalized spacial score (nSPS) is 21.3. The lowest BCUT2D eigenvalue weighted by Crippen LogP contribution is -2.34. The fraction of sp³-hybridized carbons (Fsp3) is 0.571. The van der Waals surface area contributed by atoms with Crippen molar-refractivity contribution in [3.05, 3.63) is 24.0 Å². The fourth-order valence-electron chi connectivity index (χ4n) is 2.71. The topological polar surface area (TPSA) is 29.3 Å². The van der Waals surface area contributed by atoms with Crippen LogP contribution >= 0.6 is 0 Å². The lowest BCUT2D eigenvalue weighted by Gasteiger charge is -2.32. The van der Waals surface area contributed by atoms with Crippen molar-refractivity contribution >= 4 is 11.4 Å². The quantitative estimate of drug-likeness (QED) is 0.795. The maximum absolute atomic E-state index is 13.1. The summed E-state index contributed by atoms with van der Waals surface area (Å²) in [4.78, 5) is 2.36. The molecule has 3 heteroatoms. The van der Waals surface area contributed by atoms with E-state index in [2.05, 4.69) is 11.8 Å². The third-order valence-electron chi connectivity index (χ3n) is 3.65. The first-order valence-corrected chi connectivity index (χ1v) is 6.54. The number of hydrogen-bond donors (Lipinski definition) is 1. The van der Waals surface area contributed by atoms with Crippen LogP contribution in [0, 0.1) is 5.82 Å². The minimum absolute atomic E-state index is 0.255. The Kier molecular flexibility index (Phi) is 3.87. The summed E-state index contributed by atoms with van der Waals surface area (Å²) in [6.07, 6.45) is 6.11. The molecule has 2 rings (SSSR count). The van der Waals surface area contributed by atoms with Crippen molar-refractivity contribution in [3.8, 4) is 0 Å². The van der Waals surface area contributed by atoms with Crippen molar-refractivity contribution in [3.63, 3.8) is 0 Å². The van der Waals surface area contributed by atoms with Gasteiger partial charge in [-0.3, -0.25) is 0 Å². The van der Waals surface area contributed by atoms with Crippen molar-refractivity contribution in [2.75, 3.05) is 17.2 Å². The van der Waals surface area contributed by atoms with E-state index in [0.29, 0.717) is 11.7 Å². The average molecular weight is 236 g/mol. The molecule has 1 unspecified atom stereocenters. The van der Waals surface area contributed by atoms with Crippen LogP contribution in [0.2, 0.25) is 0 Å². The van der Waals surface area contributed by atoms with Crippen LogP contribution in [0.25, 0.3) is 0 Å². The molecular formula is C14H21FN2.